The Labute approximate surface area is 688 Å². The predicted octanol–water partition coefficient (Wildman–Crippen LogP) is 4.35. The second kappa shape index (κ2) is 31.5. The van der Waals surface area contributed by atoms with Crippen molar-refractivity contribution in [2.24, 2.45) is 87.3 Å². The zero-order chi connectivity index (χ0) is 71.9. The van der Waals surface area contributed by atoms with Crippen LogP contribution in [-0.4, -0.2) is 169 Å². The Morgan fingerprint density at radius 1 is 0.510 bits per heavy atom. The number of ether oxygens (including phenoxy) is 1. The number of hydrogen-bond acceptors (Lipinski definition) is 19. The maximum atomic E-state index is 16.4. The number of alkyl halides is 7. The first kappa shape index (κ1) is 83.3. The fraction of sp³-hybridized carbons (Fsp3) is 0.901. The minimum atomic E-state index is -1.93. The molecule has 0 aromatic carbocycles. The zero-order valence-electron chi connectivity index (χ0n) is 61.8. The fourth-order valence-electron chi connectivity index (χ4n) is 24.6. The SMILES string of the molecule is C[C@@]1(O)CC[C@]2(F)C3CC[C@]4(C)[C@@H](C(=O)CBr)CC[C@H]4[C@@H]3CC[C@]2(F)C1.C[C@@]1(O)CC[C@]2(F)[C@H]3CC[C@]4(C)[C@@H](C(=O)Cn5ncnn5)CC[C@H]4[C@@H]3CC[C@]2(F)C1.C[C@@]1(O)CC[C@]2(F)[C@H]3CC[C@]4(C)[C@@H](C(=O)Cn5ncnn5)CC[C@H]4[C@@H]3CC[C@]2(F)C1.O=C(O[O-])C1CCCO1.[H-].[K+].[K+].c1nn[nH]n1. The van der Waals surface area contributed by atoms with Gasteiger partial charge in [0.15, 0.2) is 36.7 Å². The summed E-state index contributed by atoms with van der Waals surface area (Å²) >= 11 is 3.32. The van der Waals surface area contributed by atoms with Gasteiger partial charge in [-0.3, -0.25) is 14.4 Å². The molecular formula is C71H105BrF6K2N12O10. The van der Waals surface area contributed by atoms with Crippen LogP contribution in [0.4, 0.5) is 26.3 Å². The van der Waals surface area contributed by atoms with Crippen LogP contribution < -0.4 is 108 Å². The van der Waals surface area contributed by atoms with Crippen molar-refractivity contribution in [3.63, 3.8) is 0 Å². The second-order valence-corrected chi connectivity index (χ2v) is 35.3. The zero-order valence-corrected chi connectivity index (χ0v) is 68.7. The number of fused-ring (bicyclic) bond motifs is 15. The Hall–Kier alpha value is -1.18. The van der Waals surface area contributed by atoms with Crippen LogP contribution in [0.1, 0.15) is 229 Å². The van der Waals surface area contributed by atoms with E-state index >= 15 is 26.3 Å². The molecule has 1 aliphatic heterocycles. The molecule has 13 aliphatic rings. The van der Waals surface area contributed by atoms with Gasteiger partial charge in [0.05, 0.1) is 22.1 Å². The van der Waals surface area contributed by atoms with E-state index in [4.69, 9.17) is 4.74 Å². The molecule has 13 fully saturated rings. The van der Waals surface area contributed by atoms with Gasteiger partial charge >= 0.3 is 109 Å². The quantitative estimate of drug-likeness (QED) is 0.0761. The summed E-state index contributed by atoms with van der Waals surface area (Å²) in [7, 11) is 0. The third-order valence-corrected chi connectivity index (χ3v) is 29.8. The third kappa shape index (κ3) is 15.4. The molecule has 12 saturated carbocycles. The van der Waals surface area contributed by atoms with E-state index in [1.165, 1.54) is 28.6 Å². The van der Waals surface area contributed by atoms with Crippen molar-refractivity contribution < 1.29 is 180 Å². The number of nitrogens with one attached hydrogen (secondary N) is 1. The van der Waals surface area contributed by atoms with E-state index in [1.807, 2.05) is 0 Å². The number of aromatic amines is 1. The number of Topliss-reactive ketones (excluding diaryl/α,β-unsaturated/α-hetero) is 3. The van der Waals surface area contributed by atoms with Crippen LogP contribution in [0, 0.1) is 87.3 Å². The van der Waals surface area contributed by atoms with Crippen molar-refractivity contribution in [1.82, 2.24) is 61.0 Å². The smallest absolute Gasteiger partial charge is 1.00 e. The molecule has 12 aliphatic carbocycles. The van der Waals surface area contributed by atoms with Gasteiger partial charge in [-0.15, -0.1) is 30.6 Å². The molecule has 0 amide bonds. The number of tetrazole rings is 3. The van der Waals surface area contributed by atoms with Crippen LogP contribution in [0.3, 0.4) is 0 Å². The van der Waals surface area contributed by atoms with Gasteiger partial charge in [0.1, 0.15) is 52.9 Å². The molecule has 0 bridgehead atoms. The number of ketones is 3. The van der Waals surface area contributed by atoms with Crippen molar-refractivity contribution in [2.75, 3.05) is 11.9 Å². The molecule has 4 N–H and O–H groups in total. The maximum absolute atomic E-state index is 16.4. The summed E-state index contributed by atoms with van der Waals surface area (Å²) in [5.41, 5.74) is -15.0. The molecule has 2 unspecified atom stereocenters. The van der Waals surface area contributed by atoms with E-state index in [-0.39, 0.29) is 274 Å². The van der Waals surface area contributed by atoms with Crippen LogP contribution in [-0.2, 0) is 41.9 Å². The van der Waals surface area contributed by atoms with Crippen molar-refractivity contribution in [3.05, 3.63) is 19.0 Å². The standard InChI is InChI=1S/2C22H32F2N4O2.C21H31BrF2O2.C5H8O4.CH2N4.2K.H/c2*1-19(30)9-10-22(24)16-6-7-20(2)15(14(16)5-8-21(22,23)12-19)3-4-17(20)18(29)11-28-26-13-25-27-28;1-18(26)9-10-21(24)15-6-7-19(2)14(3-4-16(19)17(25)11-22)13(15)5-8-20(21,23)12-18;6-5(9-7)4-2-1-3-8-4;1-2-4-5-3-1;;;/h2*13-17,30H,3-12H2,1-2H3;13-16,26H,3-12H2,1-2H3;4,7H,1-3H2;1H,(H,2,3,4,5);;;/q;;;;;2*+1;-1/p-1/t2*14-,15-,16-,17+,19+,20-,21-,22-;13-,14-,15?,16+,18+,19-,20-,21-;;;;;/m000...../s1. The molecule has 102 heavy (non-hydrogen) atoms. The summed E-state index contributed by atoms with van der Waals surface area (Å²) in [6.45, 7) is 12.3. The molecule has 0 radical (unpaired) electrons. The number of rotatable bonds is 9. The fourth-order valence-corrected chi connectivity index (χ4v) is 25.0. The summed E-state index contributed by atoms with van der Waals surface area (Å²) in [4.78, 5) is 54.8. The first-order valence-electron chi connectivity index (χ1n) is 37.0. The van der Waals surface area contributed by atoms with E-state index in [2.05, 4.69) is 93.0 Å². The summed E-state index contributed by atoms with van der Waals surface area (Å²) in [5.74, 6) is -0.0518. The molecule has 22 nitrogen and oxygen atoms in total. The topological polar surface area (TPSA) is 312 Å². The molecule has 3 aromatic rings. The maximum Gasteiger partial charge on any atom is 1.00 e. The van der Waals surface area contributed by atoms with Crippen LogP contribution in [0.5, 0.6) is 0 Å². The summed E-state index contributed by atoms with van der Waals surface area (Å²) in [5, 5.41) is 76.1. The Balaban J connectivity index is 0.000000161. The van der Waals surface area contributed by atoms with Gasteiger partial charge in [-0.2, -0.15) is 14.8 Å². The average Bonchev–Trinajstić information content (AvgIpc) is 1.50. The molecule has 3 aromatic heterocycles. The monoisotopic (exact) mass is 1560 g/mol. The van der Waals surface area contributed by atoms with E-state index < -0.39 is 62.9 Å². The number of hydrogen-bond donors (Lipinski definition) is 4. The Morgan fingerprint density at radius 3 is 1.17 bits per heavy atom. The van der Waals surface area contributed by atoms with E-state index in [1.54, 1.807) is 20.8 Å². The molecule has 1 saturated heterocycles. The molecule has 4 heterocycles. The number of H-pyrrole nitrogens is 1. The molecular weight excluding hydrogens is 1450 g/mol. The largest absolute Gasteiger partial charge is 1.00 e. The first-order valence-corrected chi connectivity index (χ1v) is 38.2. The average molecular weight is 1560 g/mol. The van der Waals surface area contributed by atoms with Gasteiger partial charge in [-0.1, -0.05) is 41.9 Å². The van der Waals surface area contributed by atoms with Crippen LogP contribution in [0.2, 0.25) is 0 Å². The van der Waals surface area contributed by atoms with Crippen LogP contribution in [0.15, 0.2) is 19.0 Å². The van der Waals surface area contributed by atoms with E-state index in [0.717, 1.165) is 64.2 Å². The second-order valence-electron chi connectivity index (χ2n) is 34.7. The van der Waals surface area contributed by atoms with Gasteiger partial charge in [-0.05, 0) is 268 Å². The third-order valence-electron chi connectivity index (χ3n) is 29.2. The first-order chi connectivity index (χ1) is 47.1. The number of carbonyl (C=O) groups excluding carboxylic acids is 4. The van der Waals surface area contributed by atoms with Crippen LogP contribution >= 0.6 is 15.9 Å². The van der Waals surface area contributed by atoms with Crippen molar-refractivity contribution in [2.45, 2.75) is 298 Å². The molecule has 16 rings (SSSR count). The number of nitrogens with zero attached hydrogens (tertiary/aromatic N) is 11. The van der Waals surface area contributed by atoms with E-state index in [9.17, 15) is 39.8 Å². The number of carbonyl (C=O) groups is 4. The van der Waals surface area contributed by atoms with Gasteiger partial charge in [0.2, 0.25) is 0 Å². The predicted molar refractivity (Wildman–Crippen MR) is 351 cm³/mol. The van der Waals surface area contributed by atoms with Crippen molar-refractivity contribution in [3.8, 4) is 0 Å². The summed E-state index contributed by atoms with van der Waals surface area (Å²) in [6, 6.07) is 0. The van der Waals surface area contributed by atoms with E-state index in [0.29, 0.717) is 82.1 Å². The Kier molecular flexibility index (Phi) is 25.8. The van der Waals surface area contributed by atoms with Gasteiger partial charge in [0.25, 0.3) is 0 Å². The molecule has 25 atom stereocenters. The van der Waals surface area contributed by atoms with Crippen molar-refractivity contribution in [1.29, 1.82) is 0 Å². The minimum absolute atomic E-state index is 0. The molecule has 0 spiro atoms. The van der Waals surface area contributed by atoms with Crippen LogP contribution in [0.25, 0.3) is 0 Å². The Bertz CT molecular complexity index is 3230. The normalized spacial score (nSPS) is 46.7. The number of halogens is 7. The van der Waals surface area contributed by atoms with Gasteiger partial charge in [0, 0.05) is 43.6 Å². The Morgan fingerprint density at radius 2 is 0.882 bits per heavy atom. The molecule has 560 valence electrons. The summed E-state index contributed by atoms with van der Waals surface area (Å²) < 4.78 is 101. The number of aromatic nitrogens is 12. The molecule has 31 heteroatoms. The number of aliphatic hydroxyl groups is 3. The van der Waals surface area contributed by atoms with Gasteiger partial charge in [-0.25, -0.2) is 31.1 Å². The summed E-state index contributed by atoms with van der Waals surface area (Å²) in [6.07, 6.45) is 17.9. The van der Waals surface area contributed by atoms with Gasteiger partial charge < -0.3 is 31.6 Å². The minimum Gasteiger partial charge on any atom is -1.00 e. The van der Waals surface area contributed by atoms with Crippen molar-refractivity contribution >= 4 is 39.2 Å².